The van der Waals surface area contributed by atoms with Gasteiger partial charge in [0.15, 0.2) is 0 Å². The number of rotatable bonds is 15. The van der Waals surface area contributed by atoms with E-state index in [1.807, 2.05) is 0 Å². The van der Waals surface area contributed by atoms with Crippen molar-refractivity contribution in [1.29, 1.82) is 0 Å². The van der Waals surface area contributed by atoms with E-state index in [2.05, 4.69) is 16.0 Å². The van der Waals surface area contributed by atoms with Crippen LogP contribution < -0.4 is 33.2 Å². The van der Waals surface area contributed by atoms with E-state index >= 15 is 0 Å². The number of hydrogen-bond acceptors (Lipinski definition) is 8. The summed E-state index contributed by atoms with van der Waals surface area (Å²) >= 11 is 0. The lowest BCUT2D eigenvalue weighted by atomic mass is 10.0. The number of carboxylic acid groups (broad SMARTS) is 2. The average molecular weight is 474 g/mol. The summed E-state index contributed by atoms with van der Waals surface area (Å²) in [5.74, 6) is -8.14. The first-order valence-electron chi connectivity index (χ1n) is 9.83. The summed E-state index contributed by atoms with van der Waals surface area (Å²) in [4.78, 5) is 81.9. The van der Waals surface area contributed by atoms with Gasteiger partial charge in [-0.3, -0.25) is 28.8 Å². The third-order valence-electron chi connectivity index (χ3n) is 4.31. The summed E-state index contributed by atoms with van der Waals surface area (Å²) in [5, 5.41) is 24.5. The first-order valence-corrected chi connectivity index (χ1v) is 9.83. The molecule has 0 aromatic rings. The molecule has 0 rings (SSSR count). The zero-order chi connectivity index (χ0) is 25.9. The van der Waals surface area contributed by atoms with Crippen LogP contribution in [-0.4, -0.2) is 75.9 Å². The predicted octanol–water partition coefficient (Wildman–Crippen LogP) is -3.88. The Balaban J connectivity index is 5.60. The summed E-state index contributed by atoms with van der Waals surface area (Å²) < 4.78 is 0. The molecule has 0 bridgehead atoms. The van der Waals surface area contributed by atoms with E-state index in [0.29, 0.717) is 0 Å². The summed E-state index contributed by atoms with van der Waals surface area (Å²) in [6.45, 7) is 3.05. The van der Waals surface area contributed by atoms with Gasteiger partial charge < -0.3 is 43.4 Å². The Bertz CT molecular complexity index is 785. The highest BCUT2D eigenvalue weighted by molar-refractivity contribution is 5.96. The fraction of sp³-hybridized carbons (Fsp3) is 0.611. The number of carbonyl (C=O) groups is 7. The molecule has 0 aliphatic carbocycles. The zero-order valence-electron chi connectivity index (χ0n) is 18.2. The first kappa shape index (κ1) is 29.2. The van der Waals surface area contributed by atoms with Gasteiger partial charge in [0, 0.05) is 6.42 Å². The van der Waals surface area contributed by atoms with Crippen molar-refractivity contribution in [3.8, 4) is 0 Å². The molecule has 0 spiro atoms. The second-order valence-electron chi connectivity index (χ2n) is 7.57. The van der Waals surface area contributed by atoms with E-state index in [-0.39, 0.29) is 12.8 Å². The van der Waals surface area contributed by atoms with Crippen molar-refractivity contribution in [1.82, 2.24) is 16.0 Å². The molecule has 0 saturated heterocycles. The molecule has 4 unspecified atom stereocenters. The molecule has 0 saturated carbocycles. The number of primary amides is 2. The Morgan fingerprint density at radius 2 is 1.27 bits per heavy atom. The summed E-state index contributed by atoms with van der Waals surface area (Å²) in [5.41, 5.74) is 15.6. The van der Waals surface area contributed by atoms with Gasteiger partial charge in [-0.1, -0.05) is 13.8 Å². The van der Waals surface area contributed by atoms with Crippen molar-refractivity contribution in [2.24, 2.45) is 23.1 Å². The molecule has 11 N–H and O–H groups in total. The van der Waals surface area contributed by atoms with E-state index in [1.54, 1.807) is 0 Å². The lowest BCUT2D eigenvalue weighted by molar-refractivity contribution is -0.143. The van der Waals surface area contributed by atoms with E-state index < -0.39 is 84.4 Å². The molecule has 0 aromatic carbocycles. The first-order chi connectivity index (χ1) is 15.1. The number of carboxylic acids is 2. The smallest absolute Gasteiger partial charge is 0.326 e. The van der Waals surface area contributed by atoms with Crippen molar-refractivity contribution in [2.75, 3.05) is 0 Å². The second kappa shape index (κ2) is 13.6. The quantitative estimate of drug-likeness (QED) is 0.114. The van der Waals surface area contributed by atoms with Crippen molar-refractivity contribution in [3.05, 3.63) is 0 Å². The van der Waals surface area contributed by atoms with Crippen LogP contribution in [0.25, 0.3) is 0 Å². The molecule has 5 amide bonds. The molecular formula is C18H30N6O9. The molecule has 0 aliphatic rings. The fourth-order valence-corrected chi connectivity index (χ4v) is 2.57. The summed E-state index contributed by atoms with van der Waals surface area (Å²) in [7, 11) is 0. The monoisotopic (exact) mass is 474 g/mol. The Hall–Kier alpha value is -3.75. The van der Waals surface area contributed by atoms with Crippen molar-refractivity contribution in [3.63, 3.8) is 0 Å². The van der Waals surface area contributed by atoms with E-state index in [9.17, 15) is 38.7 Å². The van der Waals surface area contributed by atoms with Crippen LogP contribution in [0.15, 0.2) is 0 Å². The molecular weight excluding hydrogens is 444 g/mol. The Labute approximate surface area is 188 Å². The minimum absolute atomic E-state index is 0.332. The number of aliphatic carboxylic acids is 2. The molecule has 0 radical (unpaired) electrons. The number of nitrogens with one attached hydrogen (secondary N) is 3. The maximum Gasteiger partial charge on any atom is 0.326 e. The summed E-state index contributed by atoms with van der Waals surface area (Å²) in [6.07, 6.45) is -2.14. The molecule has 0 fully saturated rings. The minimum Gasteiger partial charge on any atom is -0.481 e. The van der Waals surface area contributed by atoms with Crippen LogP contribution in [0.1, 0.15) is 39.5 Å². The lowest BCUT2D eigenvalue weighted by Gasteiger charge is -2.25. The van der Waals surface area contributed by atoms with Gasteiger partial charge in [-0.05, 0) is 12.3 Å². The Morgan fingerprint density at radius 3 is 1.70 bits per heavy atom. The van der Waals surface area contributed by atoms with Crippen molar-refractivity contribution in [2.45, 2.75) is 63.7 Å². The van der Waals surface area contributed by atoms with Gasteiger partial charge in [0.2, 0.25) is 29.5 Å². The average Bonchev–Trinajstić information content (AvgIpc) is 2.66. The van der Waals surface area contributed by atoms with Crippen LogP contribution in [0, 0.1) is 5.92 Å². The predicted molar refractivity (Wildman–Crippen MR) is 111 cm³/mol. The standard InChI is InChI=1S/C18H30N6O9/c1-7(2)14(18(32)33)24-17(31)10(6-12(21)26)23-16(30)9(3-4-11(20)25)22-15(29)8(19)5-13(27)28/h7-10,14H,3-6,19H2,1-2H3,(H2,20,25)(H2,21,26)(H,22,29)(H,23,30)(H,24,31)(H,27,28)(H,32,33). The van der Waals surface area contributed by atoms with Gasteiger partial charge >= 0.3 is 11.9 Å². The van der Waals surface area contributed by atoms with Gasteiger partial charge in [-0.25, -0.2) is 4.79 Å². The van der Waals surface area contributed by atoms with Crippen LogP contribution >= 0.6 is 0 Å². The highest BCUT2D eigenvalue weighted by Crippen LogP contribution is 2.05. The Morgan fingerprint density at radius 1 is 0.758 bits per heavy atom. The minimum atomic E-state index is -1.60. The molecule has 0 aliphatic heterocycles. The molecule has 186 valence electrons. The van der Waals surface area contributed by atoms with Crippen molar-refractivity contribution >= 4 is 41.5 Å². The maximum absolute atomic E-state index is 12.7. The Kier molecular flexibility index (Phi) is 12.1. The highest BCUT2D eigenvalue weighted by atomic mass is 16.4. The fourth-order valence-electron chi connectivity index (χ4n) is 2.57. The van der Waals surface area contributed by atoms with Crippen LogP contribution in [0.5, 0.6) is 0 Å². The van der Waals surface area contributed by atoms with Crippen molar-refractivity contribution < 1.29 is 43.8 Å². The molecule has 0 aromatic heterocycles. The van der Waals surface area contributed by atoms with Gasteiger partial charge in [0.25, 0.3) is 0 Å². The van der Waals surface area contributed by atoms with Gasteiger partial charge in [0.1, 0.15) is 18.1 Å². The molecule has 15 heteroatoms. The van der Waals surface area contributed by atoms with E-state index in [4.69, 9.17) is 22.3 Å². The molecule has 15 nitrogen and oxygen atoms in total. The number of carbonyl (C=O) groups excluding carboxylic acids is 5. The maximum atomic E-state index is 12.7. The second-order valence-corrected chi connectivity index (χ2v) is 7.57. The van der Waals surface area contributed by atoms with Crippen LogP contribution in [0.2, 0.25) is 0 Å². The normalized spacial score (nSPS) is 14.3. The SMILES string of the molecule is CC(C)C(NC(=O)C(CC(N)=O)NC(=O)C(CCC(N)=O)NC(=O)C(N)CC(=O)O)C(=O)O. The third-order valence-corrected chi connectivity index (χ3v) is 4.31. The van der Waals surface area contributed by atoms with Crippen LogP contribution in [0.4, 0.5) is 0 Å². The zero-order valence-corrected chi connectivity index (χ0v) is 18.2. The van der Waals surface area contributed by atoms with E-state index in [1.165, 1.54) is 13.8 Å². The molecule has 0 heterocycles. The van der Waals surface area contributed by atoms with E-state index in [0.717, 1.165) is 0 Å². The topological polar surface area (TPSA) is 274 Å². The largest absolute Gasteiger partial charge is 0.481 e. The number of nitrogens with two attached hydrogens (primary N) is 3. The highest BCUT2D eigenvalue weighted by Gasteiger charge is 2.32. The van der Waals surface area contributed by atoms with Gasteiger partial charge in [0.05, 0.1) is 18.9 Å². The van der Waals surface area contributed by atoms with Crippen LogP contribution in [0.3, 0.4) is 0 Å². The number of amides is 5. The number of hydrogen-bond donors (Lipinski definition) is 8. The van der Waals surface area contributed by atoms with Gasteiger partial charge in [-0.2, -0.15) is 0 Å². The van der Waals surface area contributed by atoms with Gasteiger partial charge in [-0.15, -0.1) is 0 Å². The third kappa shape index (κ3) is 11.4. The lowest BCUT2D eigenvalue weighted by Crippen LogP contribution is -2.58. The van der Waals surface area contributed by atoms with Crippen LogP contribution in [-0.2, 0) is 33.6 Å². The summed E-state index contributed by atoms with van der Waals surface area (Å²) in [6, 6.07) is -5.92. The molecule has 33 heavy (non-hydrogen) atoms. The molecule has 4 atom stereocenters.